The van der Waals surface area contributed by atoms with E-state index in [1.54, 1.807) is 0 Å². The lowest BCUT2D eigenvalue weighted by molar-refractivity contribution is -0.125. The first kappa shape index (κ1) is 25.5. The zero-order chi connectivity index (χ0) is 27.3. The van der Waals surface area contributed by atoms with Crippen LogP contribution in [0.25, 0.3) is 0 Å². The first-order chi connectivity index (χ1) is 19.5. The van der Waals surface area contributed by atoms with Crippen LogP contribution in [0.1, 0.15) is 83.1 Å². The van der Waals surface area contributed by atoms with Crippen LogP contribution < -0.4 is 5.32 Å². The summed E-state index contributed by atoms with van der Waals surface area (Å²) in [5.74, 6) is 1.80. The minimum atomic E-state index is -0.522. The fourth-order valence-corrected chi connectivity index (χ4v) is 8.98. The van der Waals surface area contributed by atoms with E-state index in [1.807, 2.05) is 78.9 Å². The van der Waals surface area contributed by atoms with Crippen LogP contribution in [0.2, 0.25) is 0 Å². The van der Waals surface area contributed by atoms with Gasteiger partial charge in [-0.1, -0.05) is 72.8 Å². The lowest BCUT2D eigenvalue weighted by Gasteiger charge is -2.59. The molecule has 40 heavy (non-hydrogen) atoms. The molecule has 206 valence electrons. The summed E-state index contributed by atoms with van der Waals surface area (Å²) in [6.45, 7) is 1.11. The van der Waals surface area contributed by atoms with Crippen molar-refractivity contribution < 1.29 is 14.7 Å². The topological polar surface area (TPSA) is 69.6 Å². The number of amides is 2. The Bertz CT molecular complexity index is 1360. The van der Waals surface area contributed by atoms with Gasteiger partial charge in [0.1, 0.15) is 0 Å². The number of rotatable bonds is 7. The molecule has 4 fully saturated rings. The van der Waals surface area contributed by atoms with Crippen LogP contribution in [-0.2, 0) is 17.9 Å². The van der Waals surface area contributed by atoms with E-state index in [9.17, 15) is 14.7 Å². The molecule has 0 unspecified atom stereocenters. The van der Waals surface area contributed by atoms with Crippen molar-refractivity contribution in [1.29, 1.82) is 0 Å². The van der Waals surface area contributed by atoms with E-state index in [4.69, 9.17) is 0 Å². The highest BCUT2D eigenvalue weighted by atomic mass is 16.3. The molecule has 0 saturated heterocycles. The molecule has 0 aromatic heterocycles. The Balaban J connectivity index is 1.29. The molecule has 3 aromatic rings. The molecule has 4 aliphatic carbocycles. The number of nitrogens with one attached hydrogen (secondary N) is 1. The number of nitrogens with zero attached hydrogens (tertiary/aromatic N) is 1. The summed E-state index contributed by atoms with van der Waals surface area (Å²) >= 11 is 0. The largest absolute Gasteiger partial charge is 0.392 e. The predicted molar refractivity (Wildman–Crippen MR) is 154 cm³/mol. The van der Waals surface area contributed by atoms with E-state index in [0.717, 1.165) is 40.0 Å². The van der Waals surface area contributed by atoms with Crippen molar-refractivity contribution in [3.63, 3.8) is 0 Å². The minimum absolute atomic E-state index is 0.0367. The van der Waals surface area contributed by atoms with Crippen LogP contribution in [0.3, 0.4) is 0 Å². The fourth-order valence-electron chi connectivity index (χ4n) is 8.98. The lowest BCUT2D eigenvalue weighted by Crippen LogP contribution is -2.55. The van der Waals surface area contributed by atoms with Gasteiger partial charge >= 0.3 is 0 Å². The van der Waals surface area contributed by atoms with Crippen molar-refractivity contribution >= 4 is 11.8 Å². The Hall–Kier alpha value is -3.44. The summed E-state index contributed by atoms with van der Waals surface area (Å²) in [5.41, 5.74) is 4.41. The van der Waals surface area contributed by atoms with Gasteiger partial charge in [0, 0.05) is 18.7 Å². The number of carbonyl (C=O) groups excluding carboxylic acids is 2. The zero-order valence-electron chi connectivity index (χ0n) is 23.0. The van der Waals surface area contributed by atoms with E-state index >= 15 is 0 Å². The van der Waals surface area contributed by atoms with Gasteiger partial charge in [0.05, 0.1) is 18.6 Å². The molecule has 4 saturated carbocycles. The van der Waals surface area contributed by atoms with E-state index in [-0.39, 0.29) is 23.8 Å². The standard InChI is InChI=1S/C35H38N2O3/c38-21-24-10-12-28(13-11-24)32-31(33(39)36-20-23-6-2-1-3-7-23)29-8-4-5-9-30(29)34(40)37(32)22-35-17-25-14-26(18-35)16-27(15-25)19-35/h1-13,25-27,31-32,38H,14-22H2,(H,36,39)/t25?,26?,27?,31-,32+,35?/m1/s1. The second-order valence-corrected chi connectivity index (χ2v) is 13.0. The highest BCUT2D eigenvalue weighted by Crippen LogP contribution is 2.61. The summed E-state index contributed by atoms with van der Waals surface area (Å²) < 4.78 is 0. The summed E-state index contributed by atoms with van der Waals surface area (Å²) in [4.78, 5) is 30.6. The summed E-state index contributed by atoms with van der Waals surface area (Å²) in [6.07, 6.45) is 7.66. The molecule has 3 aromatic carbocycles. The van der Waals surface area contributed by atoms with E-state index in [1.165, 1.54) is 38.5 Å². The molecule has 5 nitrogen and oxygen atoms in total. The van der Waals surface area contributed by atoms with Gasteiger partial charge in [-0.2, -0.15) is 0 Å². The van der Waals surface area contributed by atoms with Crippen molar-refractivity contribution in [3.05, 3.63) is 107 Å². The lowest BCUT2D eigenvalue weighted by atomic mass is 9.49. The van der Waals surface area contributed by atoms with E-state index < -0.39 is 12.0 Å². The third-order valence-electron chi connectivity index (χ3n) is 10.2. The molecule has 2 N–H and O–H groups in total. The highest BCUT2D eigenvalue weighted by molar-refractivity contribution is 6.01. The third kappa shape index (κ3) is 4.54. The smallest absolute Gasteiger partial charge is 0.254 e. The Morgan fingerprint density at radius 2 is 1.45 bits per heavy atom. The number of aliphatic hydroxyl groups is 1. The number of hydrogen-bond acceptors (Lipinski definition) is 3. The molecule has 5 heteroatoms. The maximum Gasteiger partial charge on any atom is 0.254 e. The molecule has 1 heterocycles. The van der Waals surface area contributed by atoms with Gasteiger partial charge in [-0.15, -0.1) is 0 Å². The maximum absolute atomic E-state index is 14.3. The molecule has 1 aliphatic heterocycles. The monoisotopic (exact) mass is 534 g/mol. The van der Waals surface area contributed by atoms with Gasteiger partial charge in [-0.3, -0.25) is 9.59 Å². The molecule has 5 aliphatic rings. The Kier molecular flexibility index (Phi) is 6.50. The third-order valence-corrected chi connectivity index (χ3v) is 10.2. The number of benzene rings is 3. The normalized spacial score (nSPS) is 30.3. The van der Waals surface area contributed by atoms with Crippen LogP contribution in [0.5, 0.6) is 0 Å². The number of hydrogen-bond donors (Lipinski definition) is 2. The average Bonchev–Trinajstić information content (AvgIpc) is 2.97. The predicted octanol–water partition coefficient (Wildman–Crippen LogP) is 5.99. The molecule has 4 bridgehead atoms. The van der Waals surface area contributed by atoms with Crippen LogP contribution in [0.15, 0.2) is 78.9 Å². The molecule has 2 atom stereocenters. The van der Waals surface area contributed by atoms with Crippen molar-refractivity contribution in [3.8, 4) is 0 Å². The SMILES string of the molecule is O=C(NCc1ccccc1)[C@@H]1c2ccccc2C(=O)N(CC23CC4CC(CC(C4)C2)C3)[C@H]1c1ccc(CO)cc1. The second-order valence-electron chi connectivity index (χ2n) is 13.0. The highest BCUT2D eigenvalue weighted by Gasteiger charge is 2.54. The van der Waals surface area contributed by atoms with E-state index in [0.29, 0.717) is 18.7 Å². The van der Waals surface area contributed by atoms with Crippen molar-refractivity contribution in [2.24, 2.45) is 23.2 Å². The Morgan fingerprint density at radius 3 is 2.10 bits per heavy atom. The maximum atomic E-state index is 14.3. The quantitative estimate of drug-likeness (QED) is 0.391. The second kappa shape index (κ2) is 10.2. The molecule has 8 rings (SSSR count). The Labute approximate surface area is 236 Å². The van der Waals surface area contributed by atoms with Crippen molar-refractivity contribution in [1.82, 2.24) is 10.2 Å². The summed E-state index contributed by atoms with van der Waals surface area (Å²) in [7, 11) is 0. The fraction of sp³-hybridized carbons (Fsp3) is 0.429. The van der Waals surface area contributed by atoms with Gasteiger partial charge in [-0.25, -0.2) is 0 Å². The van der Waals surface area contributed by atoms with Gasteiger partial charge in [0.2, 0.25) is 5.91 Å². The van der Waals surface area contributed by atoms with Crippen LogP contribution >= 0.6 is 0 Å². The number of carbonyl (C=O) groups is 2. The van der Waals surface area contributed by atoms with Gasteiger partial charge in [-0.05, 0) is 90.0 Å². The van der Waals surface area contributed by atoms with Crippen molar-refractivity contribution in [2.75, 3.05) is 6.54 Å². The van der Waals surface area contributed by atoms with Crippen LogP contribution in [-0.4, -0.2) is 28.4 Å². The minimum Gasteiger partial charge on any atom is -0.392 e. The molecule has 0 radical (unpaired) electrons. The molecular weight excluding hydrogens is 496 g/mol. The van der Waals surface area contributed by atoms with Gasteiger partial charge in [0.25, 0.3) is 5.91 Å². The Morgan fingerprint density at radius 1 is 0.825 bits per heavy atom. The average molecular weight is 535 g/mol. The van der Waals surface area contributed by atoms with Crippen LogP contribution in [0, 0.1) is 23.2 Å². The van der Waals surface area contributed by atoms with Crippen LogP contribution in [0.4, 0.5) is 0 Å². The van der Waals surface area contributed by atoms with Crippen molar-refractivity contribution in [2.45, 2.75) is 63.6 Å². The molecule has 2 amide bonds. The molecular formula is C35H38N2O3. The van der Waals surface area contributed by atoms with Gasteiger partial charge < -0.3 is 15.3 Å². The summed E-state index contributed by atoms with van der Waals surface area (Å²) in [6, 6.07) is 25.1. The zero-order valence-corrected chi connectivity index (χ0v) is 23.0. The first-order valence-corrected chi connectivity index (χ1v) is 14.9. The van der Waals surface area contributed by atoms with E-state index in [2.05, 4.69) is 10.2 Å². The van der Waals surface area contributed by atoms with Gasteiger partial charge in [0.15, 0.2) is 0 Å². The number of fused-ring (bicyclic) bond motifs is 1. The molecule has 0 spiro atoms. The number of aliphatic hydroxyl groups excluding tert-OH is 1. The first-order valence-electron chi connectivity index (χ1n) is 14.9. The summed E-state index contributed by atoms with van der Waals surface area (Å²) in [5, 5.41) is 12.9.